The zero-order chi connectivity index (χ0) is 10.8. The fourth-order valence-electron chi connectivity index (χ4n) is 2.07. The maximum atomic E-state index is 13.7. The van der Waals surface area contributed by atoms with Gasteiger partial charge in [-0.15, -0.1) is 0 Å². The van der Waals surface area contributed by atoms with E-state index in [0.29, 0.717) is 25.7 Å². The molecule has 0 spiro atoms. The average molecular weight is 213 g/mol. The summed E-state index contributed by atoms with van der Waals surface area (Å²) in [6, 6.07) is 0. The summed E-state index contributed by atoms with van der Waals surface area (Å²) in [5.74, 6) is -0.943. The fraction of sp³-hybridized carbons (Fsp3) is 1.00. The smallest absolute Gasteiger partial charge is 0.327 e. The van der Waals surface area contributed by atoms with E-state index in [4.69, 9.17) is 5.73 Å². The van der Waals surface area contributed by atoms with Crippen LogP contribution >= 0.6 is 0 Å². The highest BCUT2D eigenvalue weighted by Crippen LogP contribution is 2.44. The SMILES string of the molecule is NCC(F)(C1CCCCC1)C(F)(F)F. The Hall–Kier alpha value is -0.320. The van der Waals surface area contributed by atoms with Gasteiger partial charge in [0, 0.05) is 12.5 Å². The van der Waals surface area contributed by atoms with Crippen LogP contribution in [0.4, 0.5) is 17.6 Å². The van der Waals surface area contributed by atoms with Crippen molar-refractivity contribution >= 4 is 0 Å². The van der Waals surface area contributed by atoms with Gasteiger partial charge in [-0.05, 0) is 12.8 Å². The van der Waals surface area contributed by atoms with Gasteiger partial charge in [0.25, 0.3) is 0 Å². The van der Waals surface area contributed by atoms with E-state index in [-0.39, 0.29) is 0 Å². The summed E-state index contributed by atoms with van der Waals surface area (Å²) in [6.07, 6.45) is -1.99. The molecule has 0 amide bonds. The van der Waals surface area contributed by atoms with E-state index in [1.807, 2.05) is 0 Å². The summed E-state index contributed by atoms with van der Waals surface area (Å²) in [7, 11) is 0. The summed E-state index contributed by atoms with van der Waals surface area (Å²) in [5, 5.41) is 0. The molecule has 14 heavy (non-hydrogen) atoms. The zero-order valence-electron chi connectivity index (χ0n) is 7.91. The molecule has 1 rings (SSSR count). The minimum atomic E-state index is -4.83. The van der Waals surface area contributed by atoms with Crippen LogP contribution in [0.3, 0.4) is 0 Å². The first-order valence-electron chi connectivity index (χ1n) is 4.87. The molecule has 1 atom stereocenters. The van der Waals surface area contributed by atoms with E-state index < -0.39 is 24.3 Å². The summed E-state index contributed by atoms with van der Waals surface area (Å²) in [5.41, 5.74) is 1.76. The molecule has 2 N–H and O–H groups in total. The van der Waals surface area contributed by atoms with Gasteiger partial charge >= 0.3 is 6.18 Å². The molecule has 1 fully saturated rings. The van der Waals surface area contributed by atoms with E-state index in [9.17, 15) is 17.6 Å². The van der Waals surface area contributed by atoms with Gasteiger partial charge in [-0.25, -0.2) is 4.39 Å². The van der Waals surface area contributed by atoms with Crippen molar-refractivity contribution in [3.05, 3.63) is 0 Å². The Morgan fingerprint density at radius 1 is 1.00 bits per heavy atom. The Morgan fingerprint density at radius 3 is 1.86 bits per heavy atom. The van der Waals surface area contributed by atoms with Crippen molar-refractivity contribution in [2.75, 3.05) is 6.54 Å². The molecule has 1 nitrogen and oxygen atoms in total. The molecule has 84 valence electrons. The Kier molecular flexibility index (Phi) is 3.40. The van der Waals surface area contributed by atoms with Gasteiger partial charge in [0.05, 0.1) is 0 Å². The molecule has 1 aliphatic carbocycles. The zero-order valence-corrected chi connectivity index (χ0v) is 7.91. The molecule has 0 aromatic heterocycles. The molecule has 1 saturated carbocycles. The number of alkyl halides is 4. The molecule has 0 aromatic rings. The van der Waals surface area contributed by atoms with Crippen LogP contribution < -0.4 is 5.73 Å². The number of nitrogens with two attached hydrogens (primary N) is 1. The van der Waals surface area contributed by atoms with Crippen molar-refractivity contribution in [3.8, 4) is 0 Å². The Bertz CT molecular complexity index is 186. The van der Waals surface area contributed by atoms with Crippen LogP contribution in [0.25, 0.3) is 0 Å². The van der Waals surface area contributed by atoms with E-state index in [1.54, 1.807) is 0 Å². The van der Waals surface area contributed by atoms with Gasteiger partial charge in [0.2, 0.25) is 5.67 Å². The molecule has 1 aliphatic rings. The summed E-state index contributed by atoms with van der Waals surface area (Å²) >= 11 is 0. The van der Waals surface area contributed by atoms with Crippen molar-refractivity contribution < 1.29 is 17.6 Å². The maximum absolute atomic E-state index is 13.7. The second kappa shape index (κ2) is 4.04. The molecular weight excluding hydrogens is 198 g/mol. The number of rotatable bonds is 2. The lowest BCUT2D eigenvalue weighted by Crippen LogP contribution is -2.53. The average Bonchev–Trinajstić information content (AvgIpc) is 2.16. The second-order valence-electron chi connectivity index (χ2n) is 3.90. The lowest BCUT2D eigenvalue weighted by Gasteiger charge is -2.36. The monoisotopic (exact) mass is 213 g/mol. The molecule has 0 aromatic carbocycles. The third kappa shape index (κ3) is 2.02. The van der Waals surface area contributed by atoms with E-state index in [1.165, 1.54) is 0 Å². The highest BCUT2D eigenvalue weighted by molar-refractivity contribution is 4.95. The molecule has 1 unspecified atom stereocenters. The van der Waals surface area contributed by atoms with Crippen LogP contribution in [0.5, 0.6) is 0 Å². The minimum absolute atomic E-state index is 0.299. The van der Waals surface area contributed by atoms with Crippen LogP contribution in [-0.2, 0) is 0 Å². The predicted octanol–water partition coefficient (Wildman–Crippen LogP) is 2.80. The van der Waals surface area contributed by atoms with Gasteiger partial charge in [-0.3, -0.25) is 0 Å². The lowest BCUT2D eigenvalue weighted by molar-refractivity contribution is -0.247. The van der Waals surface area contributed by atoms with Crippen LogP contribution in [0.2, 0.25) is 0 Å². The highest BCUT2D eigenvalue weighted by Gasteiger charge is 2.59. The molecule has 0 heterocycles. The van der Waals surface area contributed by atoms with E-state index >= 15 is 0 Å². The third-order valence-corrected chi connectivity index (χ3v) is 3.02. The summed E-state index contributed by atoms with van der Waals surface area (Å²) in [4.78, 5) is 0. The standard InChI is InChI=1S/C9H15F4N/c10-8(6-14,9(11,12)13)7-4-2-1-3-5-7/h7H,1-6,14H2. The van der Waals surface area contributed by atoms with Gasteiger partial charge in [-0.1, -0.05) is 19.3 Å². The predicted molar refractivity (Wildman–Crippen MR) is 45.5 cm³/mol. The molecule has 5 heteroatoms. The van der Waals surface area contributed by atoms with E-state index in [0.717, 1.165) is 6.42 Å². The van der Waals surface area contributed by atoms with Crippen LogP contribution in [-0.4, -0.2) is 18.4 Å². The minimum Gasteiger partial charge on any atom is -0.327 e. The summed E-state index contributed by atoms with van der Waals surface area (Å²) in [6.45, 7) is -0.957. The third-order valence-electron chi connectivity index (χ3n) is 3.02. The van der Waals surface area contributed by atoms with Crippen molar-refractivity contribution in [2.24, 2.45) is 11.7 Å². The number of hydrogen-bond donors (Lipinski definition) is 1. The van der Waals surface area contributed by atoms with Gasteiger partial charge < -0.3 is 5.73 Å². The number of halogens is 4. The maximum Gasteiger partial charge on any atom is 0.424 e. The molecule has 0 radical (unpaired) electrons. The lowest BCUT2D eigenvalue weighted by atomic mass is 9.77. The van der Waals surface area contributed by atoms with Gasteiger partial charge in [0.1, 0.15) is 0 Å². The Morgan fingerprint density at radius 2 is 1.50 bits per heavy atom. The Labute approximate surface area is 80.7 Å². The first-order valence-corrected chi connectivity index (χ1v) is 4.87. The largest absolute Gasteiger partial charge is 0.424 e. The fourth-order valence-corrected chi connectivity index (χ4v) is 2.07. The van der Waals surface area contributed by atoms with Gasteiger partial charge in [-0.2, -0.15) is 13.2 Å². The first-order chi connectivity index (χ1) is 6.42. The van der Waals surface area contributed by atoms with E-state index in [2.05, 4.69) is 0 Å². The molecule has 0 saturated heterocycles. The number of hydrogen-bond acceptors (Lipinski definition) is 1. The van der Waals surface area contributed by atoms with Crippen LogP contribution in [0.1, 0.15) is 32.1 Å². The van der Waals surface area contributed by atoms with Crippen LogP contribution in [0.15, 0.2) is 0 Å². The first kappa shape index (κ1) is 11.8. The van der Waals surface area contributed by atoms with Crippen LogP contribution in [0, 0.1) is 5.92 Å². The molecular formula is C9H15F4N. The molecule has 0 bridgehead atoms. The topological polar surface area (TPSA) is 26.0 Å². The quantitative estimate of drug-likeness (QED) is 0.701. The van der Waals surface area contributed by atoms with Gasteiger partial charge in [0.15, 0.2) is 0 Å². The Balaban J connectivity index is 2.77. The highest BCUT2D eigenvalue weighted by atomic mass is 19.4. The van der Waals surface area contributed by atoms with Crippen molar-refractivity contribution in [1.29, 1.82) is 0 Å². The normalized spacial score (nSPS) is 24.6. The van der Waals surface area contributed by atoms with Crippen molar-refractivity contribution in [2.45, 2.75) is 43.9 Å². The second-order valence-corrected chi connectivity index (χ2v) is 3.90. The van der Waals surface area contributed by atoms with Crippen molar-refractivity contribution in [3.63, 3.8) is 0 Å². The van der Waals surface area contributed by atoms with Crippen molar-refractivity contribution in [1.82, 2.24) is 0 Å². The summed E-state index contributed by atoms with van der Waals surface area (Å²) < 4.78 is 51.0. The molecule has 0 aliphatic heterocycles.